The van der Waals surface area contributed by atoms with E-state index in [1.165, 1.54) is 0 Å². The first-order valence-electron chi connectivity index (χ1n) is 6.09. The summed E-state index contributed by atoms with van der Waals surface area (Å²) in [6.07, 6.45) is 0.863. The summed E-state index contributed by atoms with van der Waals surface area (Å²) in [5.74, 6) is 1.50. The van der Waals surface area contributed by atoms with Gasteiger partial charge in [0.15, 0.2) is 0 Å². The van der Waals surface area contributed by atoms with E-state index in [0.717, 1.165) is 28.0 Å². The molecule has 2 N–H and O–H groups in total. The summed E-state index contributed by atoms with van der Waals surface area (Å²) in [6.45, 7) is 2.06. The van der Waals surface area contributed by atoms with Crippen molar-refractivity contribution in [3.05, 3.63) is 57.5 Å². The van der Waals surface area contributed by atoms with Crippen LogP contribution in [0.2, 0.25) is 5.02 Å². The lowest BCUT2D eigenvalue weighted by Gasteiger charge is -2.16. The maximum absolute atomic E-state index is 6.10. The molecular weight excluding hydrogens is 326 g/mol. The lowest BCUT2D eigenvalue weighted by molar-refractivity contribution is 0.466. The van der Waals surface area contributed by atoms with Gasteiger partial charge in [0.25, 0.3) is 0 Å². The highest BCUT2D eigenvalue weighted by molar-refractivity contribution is 9.10. The summed E-state index contributed by atoms with van der Waals surface area (Å²) >= 11 is 9.36. The molecule has 2 rings (SSSR count). The molecule has 100 valence electrons. The van der Waals surface area contributed by atoms with E-state index in [2.05, 4.69) is 22.9 Å². The molecule has 0 unspecified atom stereocenters. The van der Waals surface area contributed by atoms with Crippen LogP contribution in [0, 0.1) is 0 Å². The molecule has 0 aliphatic carbocycles. The fourth-order valence-electron chi connectivity index (χ4n) is 1.78. The molecule has 0 aromatic heterocycles. The molecule has 1 atom stereocenters. The Morgan fingerprint density at radius 1 is 1.21 bits per heavy atom. The van der Waals surface area contributed by atoms with Gasteiger partial charge in [0.1, 0.15) is 11.5 Å². The lowest BCUT2D eigenvalue weighted by Crippen LogP contribution is -2.09. The average Bonchev–Trinajstić information content (AvgIpc) is 2.41. The van der Waals surface area contributed by atoms with E-state index in [9.17, 15) is 0 Å². The molecule has 0 aliphatic heterocycles. The third-order valence-corrected chi connectivity index (χ3v) is 3.73. The van der Waals surface area contributed by atoms with Gasteiger partial charge < -0.3 is 10.5 Å². The maximum Gasteiger partial charge on any atom is 0.141 e. The fourth-order valence-corrected chi connectivity index (χ4v) is 2.54. The summed E-state index contributed by atoms with van der Waals surface area (Å²) in [6, 6.07) is 13.2. The molecule has 4 heteroatoms. The predicted octanol–water partition coefficient (Wildman–Crippen LogP) is 5.30. The van der Waals surface area contributed by atoms with Gasteiger partial charge in [-0.3, -0.25) is 0 Å². The van der Waals surface area contributed by atoms with Crippen LogP contribution in [-0.2, 0) is 0 Å². The van der Waals surface area contributed by atoms with E-state index in [1.807, 2.05) is 30.3 Å². The van der Waals surface area contributed by atoms with Gasteiger partial charge in [0.2, 0.25) is 0 Å². The highest BCUT2D eigenvalue weighted by Gasteiger charge is 2.12. The summed E-state index contributed by atoms with van der Waals surface area (Å²) in [5, 5.41) is 0.665. The SMILES string of the molecule is CC[C@H](N)c1ccccc1Oc1ccc(Cl)cc1Br. The second kappa shape index (κ2) is 6.42. The van der Waals surface area contributed by atoms with Crippen molar-refractivity contribution in [2.24, 2.45) is 5.73 Å². The summed E-state index contributed by atoms with van der Waals surface area (Å²) < 4.78 is 6.75. The average molecular weight is 341 g/mol. The van der Waals surface area contributed by atoms with E-state index in [4.69, 9.17) is 22.1 Å². The number of hydrogen-bond donors (Lipinski definition) is 1. The van der Waals surface area contributed by atoms with Gasteiger partial charge in [0.05, 0.1) is 4.47 Å². The Hall–Kier alpha value is -1.03. The van der Waals surface area contributed by atoms with Gasteiger partial charge in [0, 0.05) is 16.6 Å². The number of para-hydroxylation sites is 1. The standard InChI is InChI=1S/C15H15BrClNO/c1-2-13(18)11-5-3-4-6-14(11)19-15-8-7-10(17)9-12(15)16/h3-9,13H,2,18H2,1H3/t13-/m0/s1. The van der Waals surface area contributed by atoms with Gasteiger partial charge in [-0.05, 0) is 46.6 Å². The van der Waals surface area contributed by atoms with Crippen LogP contribution in [0.4, 0.5) is 0 Å². The zero-order valence-corrected chi connectivity index (χ0v) is 12.9. The van der Waals surface area contributed by atoms with Gasteiger partial charge in [-0.15, -0.1) is 0 Å². The zero-order chi connectivity index (χ0) is 13.8. The number of rotatable bonds is 4. The largest absolute Gasteiger partial charge is 0.456 e. The molecule has 19 heavy (non-hydrogen) atoms. The molecule has 0 spiro atoms. The number of ether oxygens (including phenoxy) is 1. The van der Waals surface area contributed by atoms with E-state index in [1.54, 1.807) is 12.1 Å². The Bertz CT molecular complexity index is 574. The van der Waals surface area contributed by atoms with Crippen LogP contribution in [0.1, 0.15) is 24.9 Å². The first kappa shape index (κ1) is 14.4. The maximum atomic E-state index is 6.10. The molecule has 0 aliphatic rings. The second-order valence-electron chi connectivity index (χ2n) is 4.23. The lowest BCUT2D eigenvalue weighted by atomic mass is 10.0. The van der Waals surface area contributed by atoms with Crippen LogP contribution in [0.15, 0.2) is 46.9 Å². The first-order chi connectivity index (χ1) is 9.11. The number of halogens is 2. The Kier molecular flexibility index (Phi) is 4.86. The van der Waals surface area contributed by atoms with Gasteiger partial charge >= 0.3 is 0 Å². The monoisotopic (exact) mass is 339 g/mol. The molecule has 0 radical (unpaired) electrons. The molecule has 0 saturated carbocycles. The Morgan fingerprint density at radius 3 is 2.63 bits per heavy atom. The van der Waals surface area contributed by atoms with Gasteiger partial charge in [-0.2, -0.15) is 0 Å². The molecule has 2 aromatic carbocycles. The van der Waals surface area contributed by atoms with Crippen molar-refractivity contribution < 1.29 is 4.74 Å². The van der Waals surface area contributed by atoms with Crippen LogP contribution in [-0.4, -0.2) is 0 Å². The van der Waals surface area contributed by atoms with Crippen LogP contribution in [0.25, 0.3) is 0 Å². The molecular formula is C15H15BrClNO. The van der Waals surface area contributed by atoms with Crippen molar-refractivity contribution in [2.75, 3.05) is 0 Å². The van der Waals surface area contributed by atoms with Crippen molar-refractivity contribution in [3.8, 4) is 11.5 Å². The van der Waals surface area contributed by atoms with Gasteiger partial charge in [-0.25, -0.2) is 0 Å². The second-order valence-corrected chi connectivity index (χ2v) is 5.52. The Balaban J connectivity index is 2.33. The fraction of sp³-hybridized carbons (Fsp3) is 0.200. The van der Waals surface area contributed by atoms with Gasteiger partial charge in [-0.1, -0.05) is 36.7 Å². The zero-order valence-electron chi connectivity index (χ0n) is 10.6. The molecule has 0 heterocycles. The minimum atomic E-state index is -0.0257. The smallest absolute Gasteiger partial charge is 0.141 e. The van der Waals surface area contributed by atoms with E-state index in [0.29, 0.717) is 5.02 Å². The van der Waals surface area contributed by atoms with E-state index in [-0.39, 0.29) is 6.04 Å². The van der Waals surface area contributed by atoms with Crippen molar-refractivity contribution in [1.82, 2.24) is 0 Å². The van der Waals surface area contributed by atoms with Crippen LogP contribution >= 0.6 is 27.5 Å². The molecule has 0 saturated heterocycles. The summed E-state index contributed by atoms with van der Waals surface area (Å²) in [7, 11) is 0. The highest BCUT2D eigenvalue weighted by atomic mass is 79.9. The molecule has 2 nitrogen and oxygen atoms in total. The van der Waals surface area contributed by atoms with Crippen molar-refractivity contribution in [3.63, 3.8) is 0 Å². The number of nitrogens with two attached hydrogens (primary N) is 1. The van der Waals surface area contributed by atoms with Crippen molar-refractivity contribution in [2.45, 2.75) is 19.4 Å². The van der Waals surface area contributed by atoms with Crippen molar-refractivity contribution >= 4 is 27.5 Å². The van der Waals surface area contributed by atoms with E-state index >= 15 is 0 Å². The topological polar surface area (TPSA) is 35.2 Å². The third-order valence-electron chi connectivity index (χ3n) is 2.87. The molecule has 2 aromatic rings. The normalized spacial score (nSPS) is 12.2. The minimum Gasteiger partial charge on any atom is -0.456 e. The number of benzene rings is 2. The Morgan fingerprint density at radius 2 is 1.95 bits per heavy atom. The Labute approximate surface area is 126 Å². The minimum absolute atomic E-state index is 0.0257. The summed E-state index contributed by atoms with van der Waals surface area (Å²) in [4.78, 5) is 0. The van der Waals surface area contributed by atoms with Crippen LogP contribution in [0.3, 0.4) is 0 Å². The van der Waals surface area contributed by atoms with E-state index < -0.39 is 0 Å². The molecule has 0 amide bonds. The summed E-state index contributed by atoms with van der Waals surface area (Å²) in [5.41, 5.74) is 7.10. The first-order valence-corrected chi connectivity index (χ1v) is 7.26. The molecule has 0 fully saturated rings. The van der Waals surface area contributed by atoms with Crippen LogP contribution in [0.5, 0.6) is 11.5 Å². The molecule has 0 bridgehead atoms. The highest BCUT2D eigenvalue weighted by Crippen LogP contribution is 2.35. The number of hydrogen-bond acceptors (Lipinski definition) is 2. The van der Waals surface area contributed by atoms with Crippen LogP contribution < -0.4 is 10.5 Å². The predicted molar refractivity (Wildman–Crippen MR) is 82.9 cm³/mol. The quantitative estimate of drug-likeness (QED) is 0.819. The third kappa shape index (κ3) is 3.50. The van der Waals surface area contributed by atoms with Crippen molar-refractivity contribution in [1.29, 1.82) is 0 Å².